The fourth-order valence-corrected chi connectivity index (χ4v) is 5.13. The fraction of sp³-hybridized carbons (Fsp3) is 0.522. The first-order valence-corrected chi connectivity index (χ1v) is 16.5. The van der Waals surface area contributed by atoms with Gasteiger partial charge in [0.2, 0.25) is 5.89 Å². The van der Waals surface area contributed by atoms with E-state index in [0.717, 1.165) is 52.9 Å². The molecule has 0 bridgehead atoms. The van der Waals surface area contributed by atoms with Crippen LogP contribution in [0.2, 0.25) is 25.7 Å². The molecule has 0 spiro atoms. The van der Waals surface area contributed by atoms with Crippen LogP contribution in [0, 0.1) is 0 Å². The summed E-state index contributed by atoms with van der Waals surface area (Å²) in [4.78, 5) is 22.2. The van der Waals surface area contributed by atoms with E-state index in [1.54, 1.807) is 12.4 Å². The molecule has 0 saturated carbocycles. The lowest BCUT2D eigenvalue weighted by atomic mass is 10.0. The molecular formula is C23H33N5O4SSi. The van der Waals surface area contributed by atoms with Crippen molar-refractivity contribution in [3.63, 3.8) is 0 Å². The number of aromatic nitrogens is 3. The van der Waals surface area contributed by atoms with Crippen LogP contribution in [0.5, 0.6) is 0 Å². The standard InChI is InChI=1S/C23H33N5O4SSi/c1-33-19-13-25-22(32-19)18-12-24-21-17(7-9-28(21)15-31-10-11-34(2,3)4)20(18)26-16-6-5-8-27(14-16)23(29)30/h7,9,12-13,16H,5-6,8,10-11,14-15H2,1-4H3,(H,24,26)(H,29,30). The van der Waals surface area contributed by atoms with Gasteiger partial charge < -0.3 is 29.0 Å². The highest BCUT2D eigenvalue weighted by Crippen LogP contribution is 2.36. The highest BCUT2D eigenvalue weighted by molar-refractivity contribution is 7.98. The largest absolute Gasteiger partial charge is 0.465 e. The zero-order valence-corrected chi connectivity index (χ0v) is 22.0. The lowest BCUT2D eigenvalue weighted by Gasteiger charge is -2.32. The Bertz CT molecular complexity index is 1140. The van der Waals surface area contributed by atoms with Gasteiger partial charge in [0.25, 0.3) is 0 Å². The Kier molecular flexibility index (Phi) is 7.53. The molecule has 1 aliphatic heterocycles. The van der Waals surface area contributed by atoms with Crippen LogP contribution in [-0.2, 0) is 11.5 Å². The van der Waals surface area contributed by atoms with Gasteiger partial charge in [0.15, 0.2) is 5.09 Å². The van der Waals surface area contributed by atoms with E-state index in [0.29, 0.717) is 25.7 Å². The van der Waals surface area contributed by atoms with Crippen molar-refractivity contribution in [2.24, 2.45) is 0 Å². The van der Waals surface area contributed by atoms with E-state index < -0.39 is 14.2 Å². The van der Waals surface area contributed by atoms with E-state index in [2.05, 4.69) is 29.9 Å². The molecule has 0 aliphatic carbocycles. The number of likely N-dealkylation sites (tertiary alicyclic amines) is 1. The van der Waals surface area contributed by atoms with E-state index in [9.17, 15) is 9.90 Å². The number of pyridine rings is 1. The summed E-state index contributed by atoms with van der Waals surface area (Å²) in [5.74, 6) is 0.492. The summed E-state index contributed by atoms with van der Waals surface area (Å²) >= 11 is 1.49. The van der Waals surface area contributed by atoms with Gasteiger partial charge in [0, 0.05) is 51.6 Å². The number of nitrogens with one attached hydrogen (secondary N) is 1. The van der Waals surface area contributed by atoms with Gasteiger partial charge >= 0.3 is 6.09 Å². The molecule has 3 aromatic rings. The van der Waals surface area contributed by atoms with Gasteiger partial charge in [-0.2, -0.15) is 0 Å². The quantitative estimate of drug-likeness (QED) is 0.231. The third-order valence-corrected chi connectivity index (χ3v) is 8.27. The minimum Gasteiger partial charge on any atom is -0.465 e. The van der Waals surface area contributed by atoms with E-state index in [1.807, 2.05) is 23.1 Å². The molecule has 1 atom stereocenters. The summed E-state index contributed by atoms with van der Waals surface area (Å²) in [7, 11) is -1.15. The van der Waals surface area contributed by atoms with Gasteiger partial charge in [-0.15, -0.1) is 0 Å². The average molecular weight is 504 g/mol. The molecule has 4 heterocycles. The Labute approximate surface area is 204 Å². The third kappa shape index (κ3) is 5.76. The first kappa shape index (κ1) is 24.6. The van der Waals surface area contributed by atoms with Crippen molar-refractivity contribution in [1.29, 1.82) is 0 Å². The first-order chi connectivity index (χ1) is 16.2. The summed E-state index contributed by atoms with van der Waals surface area (Å²) < 4.78 is 13.9. The monoisotopic (exact) mass is 503 g/mol. The molecule has 184 valence electrons. The molecule has 1 amide bonds. The zero-order valence-electron chi connectivity index (χ0n) is 20.2. The molecule has 1 saturated heterocycles. The number of anilines is 1. The van der Waals surface area contributed by atoms with Crippen molar-refractivity contribution in [2.75, 3.05) is 31.3 Å². The number of ether oxygens (including phenoxy) is 1. The predicted octanol–water partition coefficient (Wildman–Crippen LogP) is 5.28. The van der Waals surface area contributed by atoms with Crippen LogP contribution in [-0.4, -0.2) is 70.7 Å². The second-order valence-electron chi connectivity index (χ2n) is 9.82. The van der Waals surface area contributed by atoms with Crippen LogP contribution in [0.15, 0.2) is 34.2 Å². The Balaban J connectivity index is 1.64. The Morgan fingerprint density at radius 3 is 2.88 bits per heavy atom. The number of hydrogen-bond acceptors (Lipinski definition) is 7. The molecule has 0 radical (unpaired) electrons. The zero-order chi connectivity index (χ0) is 24.3. The Hall–Kier alpha value is -2.50. The third-order valence-electron chi connectivity index (χ3n) is 5.97. The van der Waals surface area contributed by atoms with Crippen molar-refractivity contribution in [3.05, 3.63) is 24.7 Å². The van der Waals surface area contributed by atoms with Crippen LogP contribution in [0.25, 0.3) is 22.5 Å². The number of carbonyl (C=O) groups is 1. The highest BCUT2D eigenvalue weighted by atomic mass is 32.2. The Morgan fingerprint density at radius 2 is 2.18 bits per heavy atom. The smallest absolute Gasteiger partial charge is 0.407 e. The van der Waals surface area contributed by atoms with Crippen LogP contribution >= 0.6 is 11.8 Å². The minimum absolute atomic E-state index is 0.0134. The number of rotatable bonds is 9. The van der Waals surface area contributed by atoms with Gasteiger partial charge in [0.05, 0.1) is 17.4 Å². The number of fused-ring (bicyclic) bond motifs is 1. The molecule has 9 nitrogen and oxygen atoms in total. The second-order valence-corrected chi connectivity index (χ2v) is 16.3. The number of piperidine rings is 1. The predicted molar refractivity (Wildman–Crippen MR) is 137 cm³/mol. The number of amides is 1. The van der Waals surface area contributed by atoms with Crippen LogP contribution in [0.1, 0.15) is 12.8 Å². The molecule has 11 heteroatoms. The Morgan fingerprint density at radius 1 is 1.35 bits per heavy atom. The number of carboxylic acid groups (broad SMARTS) is 1. The van der Waals surface area contributed by atoms with E-state index in [-0.39, 0.29) is 6.04 Å². The topological polar surface area (TPSA) is 106 Å². The molecule has 1 unspecified atom stereocenters. The van der Waals surface area contributed by atoms with Gasteiger partial charge in [0.1, 0.15) is 12.4 Å². The van der Waals surface area contributed by atoms with Crippen molar-refractivity contribution in [3.8, 4) is 11.5 Å². The first-order valence-electron chi connectivity index (χ1n) is 11.6. The lowest BCUT2D eigenvalue weighted by molar-refractivity contribution is 0.0899. The average Bonchev–Trinajstić information content (AvgIpc) is 3.44. The number of thioether (sulfide) groups is 1. The SMILES string of the molecule is CSc1cnc(-c2cnc3c(ccn3COCC[Si](C)(C)C)c2NC2CCCN(C(=O)O)C2)o1. The van der Waals surface area contributed by atoms with Crippen molar-refractivity contribution in [2.45, 2.75) is 56.4 Å². The maximum Gasteiger partial charge on any atom is 0.407 e. The van der Waals surface area contributed by atoms with Crippen molar-refractivity contribution < 1.29 is 19.1 Å². The van der Waals surface area contributed by atoms with Gasteiger partial charge in [-0.1, -0.05) is 31.4 Å². The number of oxazole rings is 1. The highest BCUT2D eigenvalue weighted by Gasteiger charge is 2.26. The second kappa shape index (κ2) is 10.4. The lowest BCUT2D eigenvalue weighted by Crippen LogP contribution is -2.44. The van der Waals surface area contributed by atoms with Crippen molar-refractivity contribution in [1.82, 2.24) is 19.4 Å². The fourth-order valence-electron chi connectivity index (χ4n) is 4.05. The molecule has 0 aromatic carbocycles. The van der Waals surface area contributed by atoms with Gasteiger partial charge in [-0.25, -0.2) is 14.8 Å². The molecule has 1 fully saturated rings. The number of nitrogens with zero attached hydrogens (tertiary/aromatic N) is 4. The molecule has 1 aliphatic rings. The molecule has 4 rings (SSSR count). The summed E-state index contributed by atoms with van der Waals surface area (Å²) in [6.45, 7) is 9.18. The van der Waals surface area contributed by atoms with Crippen LogP contribution in [0.3, 0.4) is 0 Å². The van der Waals surface area contributed by atoms with Crippen molar-refractivity contribution >= 4 is 42.6 Å². The van der Waals surface area contributed by atoms with E-state index in [4.69, 9.17) is 14.1 Å². The molecule has 3 aromatic heterocycles. The summed E-state index contributed by atoms with van der Waals surface area (Å²) in [5, 5.41) is 14.7. The normalized spacial score (nSPS) is 16.8. The van der Waals surface area contributed by atoms with E-state index >= 15 is 0 Å². The van der Waals surface area contributed by atoms with Gasteiger partial charge in [-0.05, 0) is 31.2 Å². The molecule has 34 heavy (non-hydrogen) atoms. The summed E-state index contributed by atoms with van der Waals surface area (Å²) in [5.41, 5.74) is 2.43. The summed E-state index contributed by atoms with van der Waals surface area (Å²) in [6.07, 6.45) is 8.22. The molecule has 2 N–H and O–H groups in total. The maximum atomic E-state index is 11.5. The van der Waals surface area contributed by atoms with Crippen LogP contribution < -0.4 is 5.32 Å². The minimum atomic E-state index is -1.15. The maximum absolute atomic E-state index is 11.5. The number of hydrogen-bond donors (Lipinski definition) is 2. The van der Waals surface area contributed by atoms with Gasteiger partial charge in [-0.3, -0.25) is 0 Å². The molecular weight excluding hydrogens is 470 g/mol. The summed E-state index contributed by atoms with van der Waals surface area (Å²) in [6, 6.07) is 3.12. The van der Waals surface area contributed by atoms with Crippen LogP contribution in [0.4, 0.5) is 10.5 Å². The van der Waals surface area contributed by atoms with E-state index in [1.165, 1.54) is 16.7 Å².